The third-order valence-electron chi connectivity index (χ3n) is 3.94. The molecular formula is C14H17N5OS. The second kappa shape index (κ2) is 5.57. The van der Waals surface area contributed by atoms with Crippen LogP contribution in [0.15, 0.2) is 36.4 Å². The van der Waals surface area contributed by atoms with E-state index in [1.807, 2.05) is 18.6 Å². The molecule has 2 aromatic rings. The summed E-state index contributed by atoms with van der Waals surface area (Å²) in [4.78, 5) is 2.23. The summed E-state index contributed by atoms with van der Waals surface area (Å²) in [6.07, 6.45) is 12.1. The van der Waals surface area contributed by atoms with E-state index in [0.717, 1.165) is 31.7 Å². The van der Waals surface area contributed by atoms with Crippen molar-refractivity contribution in [1.82, 2.24) is 20.0 Å². The van der Waals surface area contributed by atoms with E-state index in [4.69, 9.17) is 4.74 Å². The Morgan fingerprint density at radius 2 is 2.19 bits per heavy atom. The number of rotatable bonds is 3. The molecule has 1 fully saturated rings. The van der Waals surface area contributed by atoms with E-state index in [9.17, 15) is 0 Å². The van der Waals surface area contributed by atoms with Crippen LogP contribution in [0.25, 0.3) is 0 Å². The Hall–Kier alpha value is -1.73. The molecule has 0 aliphatic carbocycles. The number of aromatic amines is 1. The molecule has 2 aliphatic rings. The van der Waals surface area contributed by atoms with E-state index in [0.29, 0.717) is 6.04 Å². The summed E-state index contributed by atoms with van der Waals surface area (Å²) in [6.45, 7) is 1.66. The van der Waals surface area contributed by atoms with Gasteiger partial charge in [0.25, 0.3) is 0 Å². The molecular weight excluding hydrogens is 286 g/mol. The minimum Gasteiger partial charge on any atom is -0.381 e. The van der Waals surface area contributed by atoms with Crippen molar-refractivity contribution in [2.45, 2.75) is 24.3 Å². The molecule has 1 atom stereocenters. The lowest BCUT2D eigenvalue weighted by molar-refractivity contribution is 0.0662. The minimum atomic E-state index is 0.232. The number of aromatic nitrogens is 4. The summed E-state index contributed by atoms with van der Waals surface area (Å²) in [6, 6.07) is 0.458. The van der Waals surface area contributed by atoms with Crippen molar-refractivity contribution < 1.29 is 4.74 Å². The Morgan fingerprint density at radius 1 is 1.29 bits per heavy atom. The molecule has 110 valence electrons. The number of nitrogens with one attached hydrogen (secondary N) is 1. The van der Waals surface area contributed by atoms with Gasteiger partial charge >= 0.3 is 0 Å². The Labute approximate surface area is 127 Å². The van der Waals surface area contributed by atoms with Crippen LogP contribution in [0.1, 0.15) is 29.8 Å². The molecule has 0 amide bonds. The number of ether oxygens (including phenoxy) is 1. The van der Waals surface area contributed by atoms with Crippen LogP contribution in [0, 0.1) is 0 Å². The molecule has 1 N–H and O–H groups in total. The van der Waals surface area contributed by atoms with Crippen LogP contribution in [0.3, 0.4) is 0 Å². The van der Waals surface area contributed by atoms with Gasteiger partial charge in [-0.15, -0.1) is 11.8 Å². The molecule has 0 radical (unpaired) electrons. The van der Waals surface area contributed by atoms with Crippen molar-refractivity contribution in [1.29, 1.82) is 0 Å². The van der Waals surface area contributed by atoms with Gasteiger partial charge in [-0.1, -0.05) is 0 Å². The molecule has 2 aliphatic heterocycles. The summed E-state index contributed by atoms with van der Waals surface area (Å²) in [5.41, 5.74) is 2.29. The standard InChI is InChI=1S/C14H17N5OS/c1-4-20-5-2-12(1)19-10-13(9-17-19)18-3-6-21-14(18)11-7-15-16-8-11/h3,6-10,12,14H,1-2,4-5H2,(H,15,16). The monoisotopic (exact) mass is 303 g/mol. The fourth-order valence-corrected chi connectivity index (χ4v) is 3.75. The number of hydrogen-bond donors (Lipinski definition) is 1. The van der Waals surface area contributed by atoms with Gasteiger partial charge in [0.15, 0.2) is 0 Å². The lowest BCUT2D eigenvalue weighted by Crippen LogP contribution is -2.20. The second-order valence-corrected chi connectivity index (χ2v) is 6.23. The van der Waals surface area contributed by atoms with Gasteiger partial charge < -0.3 is 9.64 Å². The molecule has 0 aromatic carbocycles. The van der Waals surface area contributed by atoms with Crippen molar-refractivity contribution in [2.75, 3.05) is 18.1 Å². The highest BCUT2D eigenvalue weighted by Gasteiger charge is 2.26. The van der Waals surface area contributed by atoms with Crippen LogP contribution in [0.5, 0.6) is 0 Å². The van der Waals surface area contributed by atoms with E-state index < -0.39 is 0 Å². The molecule has 0 bridgehead atoms. The van der Waals surface area contributed by atoms with E-state index in [2.05, 4.69) is 42.7 Å². The number of hydrogen-bond acceptors (Lipinski definition) is 5. The van der Waals surface area contributed by atoms with Crippen LogP contribution in [-0.4, -0.2) is 33.2 Å². The summed E-state index contributed by atoms with van der Waals surface area (Å²) in [5.74, 6) is 0. The van der Waals surface area contributed by atoms with Gasteiger partial charge in [0, 0.05) is 37.4 Å². The fourth-order valence-electron chi connectivity index (χ4n) is 2.79. The average Bonchev–Trinajstić information content (AvgIpc) is 3.27. The zero-order chi connectivity index (χ0) is 14.1. The first kappa shape index (κ1) is 13.0. The number of nitrogens with zero attached hydrogens (tertiary/aromatic N) is 4. The van der Waals surface area contributed by atoms with Crippen molar-refractivity contribution in [3.8, 4) is 0 Å². The maximum Gasteiger partial charge on any atom is 0.112 e. The van der Waals surface area contributed by atoms with Gasteiger partial charge in [-0.2, -0.15) is 10.2 Å². The topological polar surface area (TPSA) is 59.0 Å². The van der Waals surface area contributed by atoms with Gasteiger partial charge in [-0.05, 0) is 18.2 Å². The lowest BCUT2D eigenvalue weighted by atomic mass is 10.1. The summed E-state index contributed by atoms with van der Waals surface area (Å²) in [7, 11) is 0. The van der Waals surface area contributed by atoms with E-state index in [1.165, 1.54) is 5.56 Å². The normalized spacial score (nSPS) is 23.0. The summed E-state index contributed by atoms with van der Waals surface area (Å²) >= 11 is 1.78. The maximum absolute atomic E-state index is 5.42. The minimum absolute atomic E-state index is 0.232. The first-order valence-electron chi connectivity index (χ1n) is 7.13. The highest BCUT2D eigenvalue weighted by Crippen LogP contribution is 2.41. The molecule has 4 rings (SSSR count). The molecule has 7 heteroatoms. The first-order chi connectivity index (χ1) is 10.4. The van der Waals surface area contributed by atoms with Gasteiger partial charge in [-0.3, -0.25) is 9.78 Å². The molecule has 1 unspecified atom stereocenters. The SMILES string of the molecule is C1=CN(c2cnn(C3CCOCC3)c2)C(c2cn[nH]c2)S1. The van der Waals surface area contributed by atoms with E-state index in [1.54, 1.807) is 11.8 Å². The Balaban J connectivity index is 1.55. The zero-order valence-electron chi connectivity index (χ0n) is 11.6. The molecule has 2 aromatic heterocycles. The smallest absolute Gasteiger partial charge is 0.112 e. The van der Waals surface area contributed by atoms with Crippen LogP contribution < -0.4 is 4.90 Å². The van der Waals surface area contributed by atoms with E-state index >= 15 is 0 Å². The second-order valence-electron chi connectivity index (χ2n) is 5.23. The highest BCUT2D eigenvalue weighted by atomic mass is 32.2. The predicted molar refractivity (Wildman–Crippen MR) is 81.9 cm³/mol. The van der Waals surface area contributed by atoms with Crippen LogP contribution in [0.4, 0.5) is 5.69 Å². The van der Waals surface area contributed by atoms with E-state index in [-0.39, 0.29) is 5.37 Å². The van der Waals surface area contributed by atoms with Gasteiger partial charge in [0.2, 0.25) is 0 Å². The van der Waals surface area contributed by atoms with Crippen LogP contribution >= 0.6 is 11.8 Å². The zero-order valence-corrected chi connectivity index (χ0v) is 12.4. The quantitative estimate of drug-likeness (QED) is 0.944. The van der Waals surface area contributed by atoms with Crippen molar-refractivity contribution in [2.24, 2.45) is 0 Å². The molecule has 0 spiro atoms. The fraction of sp³-hybridized carbons (Fsp3) is 0.429. The van der Waals surface area contributed by atoms with Gasteiger partial charge in [0.05, 0.1) is 24.1 Å². The number of anilines is 1. The first-order valence-corrected chi connectivity index (χ1v) is 8.07. The predicted octanol–water partition coefficient (Wildman–Crippen LogP) is 2.68. The lowest BCUT2D eigenvalue weighted by Gasteiger charge is -2.23. The average molecular weight is 303 g/mol. The van der Waals surface area contributed by atoms with Crippen molar-refractivity contribution in [3.63, 3.8) is 0 Å². The molecule has 1 saturated heterocycles. The Bertz CT molecular complexity index is 617. The maximum atomic E-state index is 5.42. The number of thioether (sulfide) groups is 1. The van der Waals surface area contributed by atoms with Crippen molar-refractivity contribution in [3.05, 3.63) is 42.0 Å². The van der Waals surface area contributed by atoms with Gasteiger partial charge in [0.1, 0.15) is 5.37 Å². The van der Waals surface area contributed by atoms with Crippen molar-refractivity contribution >= 4 is 17.4 Å². The molecule has 6 nitrogen and oxygen atoms in total. The molecule has 0 saturated carbocycles. The Kier molecular flexibility index (Phi) is 3.44. The summed E-state index contributed by atoms with van der Waals surface area (Å²) in [5, 5.41) is 13.8. The summed E-state index contributed by atoms with van der Waals surface area (Å²) < 4.78 is 7.50. The van der Waals surface area contributed by atoms with Crippen LogP contribution in [-0.2, 0) is 4.74 Å². The number of H-pyrrole nitrogens is 1. The molecule has 21 heavy (non-hydrogen) atoms. The third-order valence-corrected chi connectivity index (χ3v) is 4.97. The van der Waals surface area contributed by atoms with Gasteiger partial charge in [-0.25, -0.2) is 0 Å². The molecule has 4 heterocycles. The third kappa shape index (κ3) is 2.47. The highest BCUT2D eigenvalue weighted by molar-refractivity contribution is 8.02. The Morgan fingerprint density at radius 3 is 3.00 bits per heavy atom. The largest absolute Gasteiger partial charge is 0.381 e. The van der Waals surface area contributed by atoms with Crippen LogP contribution in [0.2, 0.25) is 0 Å².